The largest absolute Gasteiger partial charge is 0.416 e. The first-order chi connectivity index (χ1) is 17.9. The summed E-state index contributed by atoms with van der Waals surface area (Å²) in [6.45, 7) is 3.09. The van der Waals surface area contributed by atoms with E-state index in [0.29, 0.717) is 31.6 Å². The van der Waals surface area contributed by atoms with E-state index in [0.717, 1.165) is 22.3 Å². The fourth-order valence-corrected chi connectivity index (χ4v) is 4.18. The lowest BCUT2D eigenvalue weighted by Gasteiger charge is -2.23. The monoisotopic (exact) mass is 540 g/mol. The van der Waals surface area contributed by atoms with Gasteiger partial charge in [0.15, 0.2) is 0 Å². The Kier molecular flexibility index (Phi) is 7.63. The first-order valence-corrected chi connectivity index (χ1v) is 11.8. The second-order valence-electron chi connectivity index (χ2n) is 8.81. The minimum absolute atomic E-state index is 0.0595. The van der Waals surface area contributed by atoms with E-state index >= 15 is 0 Å². The third-order valence-corrected chi connectivity index (χ3v) is 6.02. The van der Waals surface area contributed by atoms with E-state index in [9.17, 15) is 26.3 Å². The van der Waals surface area contributed by atoms with E-state index in [2.05, 4.69) is 20.7 Å². The van der Waals surface area contributed by atoms with Gasteiger partial charge in [-0.3, -0.25) is 0 Å². The minimum Gasteiger partial charge on any atom is -0.333 e. The van der Waals surface area contributed by atoms with E-state index < -0.39 is 23.5 Å². The molecule has 0 atom stereocenters. The number of hydrogen-bond donors (Lipinski definition) is 1. The van der Waals surface area contributed by atoms with Gasteiger partial charge in [0.1, 0.15) is 5.65 Å². The molecular weight excluding hydrogens is 514 g/mol. The zero-order valence-electron chi connectivity index (χ0n) is 20.9. The number of pyridine rings is 1. The van der Waals surface area contributed by atoms with Gasteiger partial charge in [-0.25, -0.2) is 4.98 Å². The molecule has 1 N–H and O–H groups in total. The lowest BCUT2D eigenvalue weighted by atomic mass is 10.0. The topological polar surface area (TPSA) is 76.7 Å². The van der Waals surface area contributed by atoms with Gasteiger partial charge in [-0.15, -0.1) is 5.10 Å². The van der Waals surface area contributed by atoms with Crippen molar-refractivity contribution >= 4 is 17.0 Å². The molecule has 0 unspecified atom stereocenters. The molecule has 0 aliphatic heterocycles. The highest BCUT2D eigenvalue weighted by molar-refractivity contribution is 5.77. The third kappa shape index (κ3) is 6.06. The number of aromatic nitrogens is 6. The van der Waals surface area contributed by atoms with Crippen molar-refractivity contribution in [3.63, 3.8) is 0 Å². The van der Waals surface area contributed by atoms with Crippen molar-refractivity contribution in [1.29, 1.82) is 0 Å². The quantitative estimate of drug-likeness (QED) is 0.313. The van der Waals surface area contributed by atoms with Gasteiger partial charge in [-0.05, 0) is 60.6 Å². The summed E-state index contributed by atoms with van der Waals surface area (Å²) in [5.41, 5.74) is -0.672. The summed E-state index contributed by atoms with van der Waals surface area (Å²) < 4.78 is 82.8. The molecule has 0 spiro atoms. The maximum atomic E-state index is 13.5. The molecule has 38 heavy (non-hydrogen) atoms. The molecular formula is C24H26F6N8. The number of alkyl halides is 6. The van der Waals surface area contributed by atoms with E-state index in [4.69, 9.17) is 4.98 Å². The van der Waals surface area contributed by atoms with Crippen LogP contribution >= 0.6 is 0 Å². The Morgan fingerprint density at radius 2 is 1.66 bits per heavy atom. The number of rotatable bonds is 9. The highest BCUT2D eigenvalue weighted by Gasteiger charge is 2.37. The summed E-state index contributed by atoms with van der Waals surface area (Å²) in [6, 6.07) is 5.37. The predicted octanol–water partition coefficient (Wildman–Crippen LogP) is 4.59. The molecule has 4 rings (SSSR count). The van der Waals surface area contributed by atoms with Crippen LogP contribution in [0.15, 0.2) is 36.5 Å². The van der Waals surface area contributed by atoms with Crippen molar-refractivity contribution in [2.45, 2.75) is 45.3 Å². The summed E-state index contributed by atoms with van der Waals surface area (Å²) in [5.74, 6) is 0.0595. The highest BCUT2D eigenvalue weighted by atomic mass is 19.4. The van der Waals surface area contributed by atoms with Crippen molar-refractivity contribution in [1.82, 2.24) is 35.1 Å². The Morgan fingerprint density at radius 3 is 2.21 bits per heavy atom. The van der Waals surface area contributed by atoms with Crippen LogP contribution in [0.25, 0.3) is 11.0 Å². The first kappa shape index (κ1) is 27.4. The van der Waals surface area contributed by atoms with E-state index in [-0.39, 0.29) is 30.7 Å². The van der Waals surface area contributed by atoms with E-state index in [1.54, 1.807) is 7.05 Å². The Balaban J connectivity index is 1.78. The summed E-state index contributed by atoms with van der Waals surface area (Å²) in [7, 11) is 3.31. The number of halogens is 6. The molecule has 0 amide bonds. The molecule has 0 saturated carbocycles. The lowest BCUT2D eigenvalue weighted by molar-refractivity contribution is -0.143. The SMILES string of the molecule is CCn1ccc2cc(CN(Cc3cc(C(F)(F)F)cc(C(F)(F)F)c3)c3nnn(C)n3)c(CCNC)nc21. The number of tetrazole rings is 1. The molecule has 0 fully saturated rings. The fraction of sp³-hybridized carbons (Fsp3) is 0.417. The van der Waals surface area contributed by atoms with Crippen LogP contribution in [0.4, 0.5) is 32.3 Å². The molecule has 0 saturated heterocycles. The molecule has 14 heteroatoms. The van der Waals surface area contributed by atoms with Gasteiger partial charge >= 0.3 is 12.4 Å². The van der Waals surface area contributed by atoms with Gasteiger partial charge in [0.05, 0.1) is 18.2 Å². The highest BCUT2D eigenvalue weighted by Crippen LogP contribution is 2.37. The first-order valence-electron chi connectivity index (χ1n) is 11.8. The molecule has 4 aromatic rings. The van der Waals surface area contributed by atoms with E-state index in [1.807, 2.05) is 29.8 Å². The van der Waals surface area contributed by atoms with Crippen LogP contribution in [0.5, 0.6) is 0 Å². The Bertz CT molecular complexity index is 1370. The second-order valence-corrected chi connectivity index (χ2v) is 8.81. The molecule has 0 bridgehead atoms. The van der Waals surface area contributed by atoms with Crippen molar-refractivity contribution < 1.29 is 26.3 Å². The summed E-state index contributed by atoms with van der Waals surface area (Å²) in [4.78, 5) is 7.49. The Labute approximate surface area is 214 Å². The van der Waals surface area contributed by atoms with Crippen LogP contribution in [0.2, 0.25) is 0 Å². The van der Waals surface area contributed by atoms with Crippen LogP contribution in [-0.2, 0) is 45.5 Å². The minimum atomic E-state index is -4.95. The number of benzene rings is 1. The predicted molar refractivity (Wildman–Crippen MR) is 128 cm³/mol. The standard InChI is InChI=1S/C24H26F6N8/c1-4-37-8-6-16-11-17(20(5-7-31-2)32-21(16)37)14-38(22-33-35-36(3)34-22)13-15-9-18(23(25,26)27)12-19(10-15)24(28,29)30/h6,8-12,31H,4-5,7,13-14H2,1-3H3. The number of hydrogen-bond acceptors (Lipinski definition) is 6. The fourth-order valence-electron chi connectivity index (χ4n) is 4.18. The second kappa shape index (κ2) is 10.6. The number of nitrogens with one attached hydrogen (secondary N) is 1. The van der Waals surface area contributed by atoms with Gasteiger partial charge in [-0.1, -0.05) is 5.10 Å². The van der Waals surface area contributed by atoms with Crippen LogP contribution in [0.1, 0.15) is 34.9 Å². The third-order valence-electron chi connectivity index (χ3n) is 6.02. The van der Waals surface area contributed by atoms with E-state index in [1.165, 1.54) is 16.7 Å². The van der Waals surface area contributed by atoms with Gasteiger partial charge in [0.25, 0.3) is 5.95 Å². The van der Waals surface area contributed by atoms with Crippen molar-refractivity contribution in [2.75, 3.05) is 18.5 Å². The molecule has 3 aromatic heterocycles. The molecule has 3 heterocycles. The van der Waals surface area contributed by atoms with Crippen LogP contribution in [-0.4, -0.2) is 43.4 Å². The normalized spacial score (nSPS) is 12.4. The molecule has 0 aliphatic rings. The Morgan fingerprint density at radius 1 is 0.974 bits per heavy atom. The summed E-state index contributed by atoms with van der Waals surface area (Å²) in [6.07, 6.45) is -7.44. The van der Waals surface area contributed by atoms with Crippen molar-refractivity contribution in [3.05, 3.63) is 64.5 Å². The van der Waals surface area contributed by atoms with Crippen molar-refractivity contribution in [2.24, 2.45) is 7.05 Å². The van der Waals surface area contributed by atoms with Gasteiger partial charge in [-0.2, -0.15) is 31.1 Å². The maximum Gasteiger partial charge on any atom is 0.416 e. The van der Waals surface area contributed by atoms with Gasteiger partial charge in [0, 0.05) is 49.9 Å². The number of likely N-dealkylation sites (N-methyl/N-ethyl adjacent to an activating group) is 1. The van der Waals surface area contributed by atoms with Crippen LogP contribution in [0.3, 0.4) is 0 Å². The summed E-state index contributed by atoms with van der Waals surface area (Å²) >= 11 is 0. The maximum absolute atomic E-state index is 13.5. The zero-order chi connectivity index (χ0) is 27.7. The number of anilines is 1. The van der Waals surface area contributed by atoms with Crippen LogP contribution in [0, 0.1) is 0 Å². The molecule has 8 nitrogen and oxygen atoms in total. The number of aryl methyl sites for hydroxylation is 2. The van der Waals surface area contributed by atoms with Crippen LogP contribution < -0.4 is 10.2 Å². The molecule has 1 aromatic carbocycles. The number of fused-ring (bicyclic) bond motifs is 1. The van der Waals surface area contributed by atoms with Gasteiger partial charge in [0.2, 0.25) is 0 Å². The lowest BCUT2D eigenvalue weighted by Crippen LogP contribution is -2.26. The molecule has 0 aliphatic carbocycles. The molecule has 204 valence electrons. The van der Waals surface area contributed by atoms with Crippen molar-refractivity contribution in [3.8, 4) is 0 Å². The Hall–Kier alpha value is -3.68. The summed E-state index contributed by atoms with van der Waals surface area (Å²) in [5, 5.41) is 15.9. The average molecular weight is 541 g/mol. The average Bonchev–Trinajstić information content (AvgIpc) is 3.46. The molecule has 0 radical (unpaired) electrons. The van der Waals surface area contributed by atoms with Gasteiger partial charge < -0.3 is 14.8 Å². The zero-order valence-corrected chi connectivity index (χ0v) is 20.9. The smallest absolute Gasteiger partial charge is 0.333 e. The number of nitrogens with zero attached hydrogens (tertiary/aromatic N) is 7.